The molecule has 0 bridgehead atoms. The first kappa shape index (κ1) is 14.9. The number of likely N-dealkylation sites (tertiary alicyclic amines) is 1. The van der Waals surface area contributed by atoms with Gasteiger partial charge in [-0.2, -0.15) is 0 Å². The van der Waals surface area contributed by atoms with Gasteiger partial charge < -0.3 is 15.3 Å². The average molecular weight is 280 g/mol. The zero-order valence-electron chi connectivity index (χ0n) is 11.7. The molecule has 0 saturated carbocycles. The van der Waals surface area contributed by atoms with Gasteiger partial charge in [0.2, 0.25) is 5.91 Å². The van der Waals surface area contributed by atoms with Crippen LogP contribution in [0.15, 0.2) is 24.3 Å². The predicted molar refractivity (Wildman–Crippen MR) is 74.9 cm³/mol. The van der Waals surface area contributed by atoms with E-state index in [0.29, 0.717) is 19.5 Å². The summed E-state index contributed by atoms with van der Waals surface area (Å²) in [5.41, 5.74) is 0.829. The van der Waals surface area contributed by atoms with Crippen LogP contribution in [0.2, 0.25) is 0 Å². The molecule has 2 rings (SSSR count). The van der Waals surface area contributed by atoms with Crippen molar-refractivity contribution in [3.05, 3.63) is 35.6 Å². The number of hydrogen-bond acceptors (Lipinski definition) is 3. The summed E-state index contributed by atoms with van der Waals surface area (Å²) in [5.74, 6) is -0.402. The molecule has 1 aliphatic rings. The molecule has 0 aromatic heterocycles. The van der Waals surface area contributed by atoms with E-state index >= 15 is 0 Å². The lowest BCUT2D eigenvalue weighted by Gasteiger charge is -2.23. The number of carbonyl (C=O) groups is 1. The summed E-state index contributed by atoms with van der Waals surface area (Å²) < 4.78 is 13.4. The van der Waals surface area contributed by atoms with Crippen molar-refractivity contribution in [1.82, 2.24) is 10.2 Å². The van der Waals surface area contributed by atoms with Gasteiger partial charge in [0.05, 0.1) is 6.10 Å². The van der Waals surface area contributed by atoms with Gasteiger partial charge in [0.15, 0.2) is 0 Å². The molecule has 20 heavy (non-hydrogen) atoms. The van der Waals surface area contributed by atoms with Gasteiger partial charge in [0, 0.05) is 39.0 Å². The van der Waals surface area contributed by atoms with Crippen molar-refractivity contribution in [3.63, 3.8) is 0 Å². The number of hydrogen-bond donors (Lipinski definition) is 2. The van der Waals surface area contributed by atoms with Crippen LogP contribution in [0.25, 0.3) is 0 Å². The highest BCUT2D eigenvalue weighted by atomic mass is 19.1. The van der Waals surface area contributed by atoms with Gasteiger partial charge >= 0.3 is 0 Å². The Kier molecular flexibility index (Phi) is 5.09. The SMILES string of the molecule is CNC(=O)C[C@H](CN1CC[C@H](O)C1)c1cccc(F)c1. The molecule has 2 atom stereocenters. The molecule has 4 nitrogen and oxygen atoms in total. The zero-order chi connectivity index (χ0) is 14.5. The highest BCUT2D eigenvalue weighted by Crippen LogP contribution is 2.24. The smallest absolute Gasteiger partial charge is 0.220 e. The zero-order valence-corrected chi connectivity index (χ0v) is 11.7. The topological polar surface area (TPSA) is 52.6 Å². The number of halogens is 1. The van der Waals surface area contributed by atoms with Crippen LogP contribution >= 0.6 is 0 Å². The number of aliphatic hydroxyl groups excluding tert-OH is 1. The van der Waals surface area contributed by atoms with Crippen LogP contribution in [0.3, 0.4) is 0 Å². The summed E-state index contributed by atoms with van der Waals surface area (Å²) in [5, 5.41) is 12.2. The molecule has 110 valence electrons. The minimum Gasteiger partial charge on any atom is -0.392 e. The maximum Gasteiger partial charge on any atom is 0.220 e. The quantitative estimate of drug-likeness (QED) is 0.849. The van der Waals surface area contributed by atoms with Gasteiger partial charge in [0.25, 0.3) is 0 Å². The summed E-state index contributed by atoms with van der Waals surface area (Å²) in [6.07, 6.45) is 0.797. The molecule has 1 aromatic rings. The molecular weight excluding hydrogens is 259 g/mol. The number of nitrogens with zero attached hydrogens (tertiary/aromatic N) is 1. The highest BCUT2D eigenvalue weighted by molar-refractivity contribution is 5.76. The number of rotatable bonds is 5. The summed E-state index contributed by atoms with van der Waals surface area (Å²) in [4.78, 5) is 13.8. The Labute approximate surface area is 118 Å². The van der Waals surface area contributed by atoms with Crippen LogP contribution in [0.1, 0.15) is 24.3 Å². The van der Waals surface area contributed by atoms with E-state index in [1.165, 1.54) is 12.1 Å². The van der Waals surface area contributed by atoms with Crippen molar-refractivity contribution >= 4 is 5.91 Å². The van der Waals surface area contributed by atoms with E-state index in [1.807, 2.05) is 6.07 Å². The van der Waals surface area contributed by atoms with E-state index in [1.54, 1.807) is 13.1 Å². The second-order valence-electron chi connectivity index (χ2n) is 5.33. The molecule has 1 aromatic carbocycles. The van der Waals surface area contributed by atoms with E-state index in [9.17, 15) is 14.3 Å². The van der Waals surface area contributed by atoms with Crippen LogP contribution in [0.5, 0.6) is 0 Å². The number of amides is 1. The molecule has 1 amide bonds. The fourth-order valence-corrected chi connectivity index (χ4v) is 2.66. The maximum atomic E-state index is 13.4. The monoisotopic (exact) mass is 280 g/mol. The van der Waals surface area contributed by atoms with Crippen molar-refractivity contribution in [3.8, 4) is 0 Å². The lowest BCUT2D eigenvalue weighted by molar-refractivity contribution is -0.121. The van der Waals surface area contributed by atoms with E-state index in [-0.39, 0.29) is 23.7 Å². The van der Waals surface area contributed by atoms with Crippen molar-refractivity contribution in [2.45, 2.75) is 24.9 Å². The summed E-state index contributed by atoms with van der Waals surface area (Å²) in [7, 11) is 1.60. The average Bonchev–Trinajstić information content (AvgIpc) is 2.83. The van der Waals surface area contributed by atoms with Crippen LogP contribution in [0.4, 0.5) is 4.39 Å². The second-order valence-corrected chi connectivity index (χ2v) is 5.33. The Bertz CT molecular complexity index is 467. The van der Waals surface area contributed by atoms with Gasteiger partial charge in [-0.3, -0.25) is 4.79 Å². The van der Waals surface area contributed by atoms with Gasteiger partial charge in [-0.1, -0.05) is 12.1 Å². The molecule has 0 radical (unpaired) electrons. The van der Waals surface area contributed by atoms with Crippen LogP contribution in [-0.4, -0.2) is 48.7 Å². The predicted octanol–water partition coefficient (Wildman–Crippen LogP) is 1.11. The third-order valence-corrected chi connectivity index (χ3v) is 3.76. The number of β-amino-alcohol motifs (C(OH)–C–C–N with tert-alkyl or cyclic N) is 1. The molecule has 0 spiro atoms. The van der Waals surface area contributed by atoms with E-state index in [2.05, 4.69) is 10.2 Å². The lowest BCUT2D eigenvalue weighted by atomic mass is 9.94. The Hall–Kier alpha value is -1.46. The lowest BCUT2D eigenvalue weighted by Crippen LogP contribution is -2.30. The number of benzene rings is 1. The van der Waals surface area contributed by atoms with E-state index < -0.39 is 0 Å². The molecular formula is C15H21FN2O2. The molecule has 1 heterocycles. The second kappa shape index (κ2) is 6.81. The first-order valence-corrected chi connectivity index (χ1v) is 6.95. The Balaban J connectivity index is 2.09. The summed E-state index contributed by atoms with van der Waals surface area (Å²) >= 11 is 0. The first-order valence-electron chi connectivity index (χ1n) is 6.95. The van der Waals surface area contributed by atoms with Crippen LogP contribution in [0, 0.1) is 5.82 Å². The standard InChI is InChI=1S/C15H21FN2O2/c1-17-15(20)8-12(9-18-6-5-14(19)10-18)11-3-2-4-13(16)7-11/h2-4,7,12,14,19H,5-6,8-10H2,1H3,(H,17,20)/t12-,14+/m1/s1. The van der Waals surface area contributed by atoms with Gasteiger partial charge in [-0.15, -0.1) is 0 Å². The Morgan fingerprint density at radius 3 is 3.00 bits per heavy atom. The molecule has 1 saturated heterocycles. The molecule has 5 heteroatoms. The highest BCUT2D eigenvalue weighted by Gasteiger charge is 2.25. The maximum absolute atomic E-state index is 13.4. The molecule has 0 aliphatic carbocycles. The van der Waals surface area contributed by atoms with Gasteiger partial charge in [0.1, 0.15) is 5.82 Å². The number of nitrogens with one attached hydrogen (secondary N) is 1. The van der Waals surface area contributed by atoms with Crippen molar-refractivity contribution < 1.29 is 14.3 Å². The van der Waals surface area contributed by atoms with Crippen LogP contribution in [-0.2, 0) is 4.79 Å². The van der Waals surface area contributed by atoms with Gasteiger partial charge in [-0.25, -0.2) is 4.39 Å². The normalized spacial score (nSPS) is 20.9. The largest absolute Gasteiger partial charge is 0.392 e. The van der Waals surface area contributed by atoms with Gasteiger partial charge in [-0.05, 0) is 24.1 Å². The summed E-state index contributed by atoms with van der Waals surface area (Å²) in [6.45, 7) is 2.11. The fraction of sp³-hybridized carbons (Fsp3) is 0.533. The minimum absolute atomic E-state index is 0.0565. The van der Waals surface area contributed by atoms with Crippen LogP contribution < -0.4 is 5.32 Å². The first-order chi connectivity index (χ1) is 9.58. The number of carbonyl (C=O) groups excluding carboxylic acids is 1. The minimum atomic E-state index is -0.289. The van der Waals surface area contributed by atoms with Crippen molar-refractivity contribution in [2.75, 3.05) is 26.7 Å². The summed E-state index contributed by atoms with van der Waals surface area (Å²) in [6, 6.07) is 6.41. The Morgan fingerprint density at radius 1 is 1.60 bits per heavy atom. The molecule has 1 aliphatic heterocycles. The van der Waals surface area contributed by atoms with Crippen molar-refractivity contribution in [1.29, 1.82) is 0 Å². The fourth-order valence-electron chi connectivity index (χ4n) is 2.66. The van der Waals surface area contributed by atoms with E-state index in [4.69, 9.17) is 0 Å². The van der Waals surface area contributed by atoms with E-state index in [0.717, 1.165) is 18.5 Å². The third kappa shape index (κ3) is 4.02. The molecule has 0 unspecified atom stereocenters. The Morgan fingerprint density at radius 2 is 2.40 bits per heavy atom. The molecule has 2 N–H and O–H groups in total. The third-order valence-electron chi connectivity index (χ3n) is 3.76. The number of aliphatic hydroxyl groups is 1. The molecule has 1 fully saturated rings. The van der Waals surface area contributed by atoms with Crippen molar-refractivity contribution in [2.24, 2.45) is 0 Å².